The lowest BCUT2D eigenvalue weighted by Crippen LogP contribution is -2.16. The Labute approximate surface area is 115 Å². The standard InChI is InChI=1S/C13H15N5S/c1-13(2,3)11-15-16-12-18(11)17-10(19-12)8-5-4-6-9(14)7-8/h4-7H,14H2,1-3H3. The fraction of sp³-hybridized carbons (Fsp3) is 0.308. The van der Waals surface area contributed by atoms with Crippen molar-refractivity contribution in [3.8, 4) is 10.6 Å². The normalized spacial score (nSPS) is 12.2. The fourth-order valence-corrected chi connectivity index (χ4v) is 2.71. The van der Waals surface area contributed by atoms with E-state index < -0.39 is 0 Å². The smallest absolute Gasteiger partial charge is 0.235 e. The van der Waals surface area contributed by atoms with E-state index in [1.54, 1.807) is 0 Å². The number of hydrogen-bond donors (Lipinski definition) is 1. The van der Waals surface area contributed by atoms with E-state index in [1.807, 2.05) is 28.8 Å². The third-order valence-electron chi connectivity index (χ3n) is 2.80. The predicted octanol–water partition coefficient (Wildman–Crippen LogP) is 2.73. The molecular formula is C13H15N5S. The molecule has 0 saturated heterocycles. The molecule has 3 aromatic rings. The lowest BCUT2D eigenvalue weighted by atomic mass is 9.96. The van der Waals surface area contributed by atoms with E-state index in [0.717, 1.165) is 27.0 Å². The van der Waals surface area contributed by atoms with Crippen molar-refractivity contribution in [3.63, 3.8) is 0 Å². The van der Waals surface area contributed by atoms with Gasteiger partial charge in [0.2, 0.25) is 4.96 Å². The minimum absolute atomic E-state index is 0.0829. The average Bonchev–Trinajstić information content (AvgIpc) is 2.85. The first kappa shape index (κ1) is 12.1. The van der Waals surface area contributed by atoms with Crippen LogP contribution < -0.4 is 5.73 Å². The summed E-state index contributed by atoms with van der Waals surface area (Å²) in [7, 11) is 0. The lowest BCUT2D eigenvalue weighted by Gasteiger charge is -2.13. The van der Waals surface area contributed by atoms with Gasteiger partial charge < -0.3 is 5.73 Å². The molecule has 2 N–H and O–H groups in total. The number of fused-ring (bicyclic) bond motifs is 1. The number of rotatable bonds is 1. The van der Waals surface area contributed by atoms with Gasteiger partial charge in [-0.2, -0.15) is 9.61 Å². The molecule has 0 amide bonds. The molecule has 2 aromatic heterocycles. The Kier molecular flexibility index (Phi) is 2.56. The molecule has 2 heterocycles. The van der Waals surface area contributed by atoms with Crippen molar-refractivity contribution in [1.82, 2.24) is 19.8 Å². The van der Waals surface area contributed by atoms with Gasteiger partial charge in [-0.1, -0.05) is 44.2 Å². The van der Waals surface area contributed by atoms with E-state index in [2.05, 4.69) is 36.1 Å². The molecule has 0 bridgehead atoms. The van der Waals surface area contributed by atoms with Crippen molar-refractivity contribution < 1.29 is 0 Å². The van der Waals surface area contributed by atoms with Crippen LogP contribution in [0.25, 0.3) is 15.5 Å². The maximum atomic E-state index is 5.81. The van der Waals surface area contributed by atoms with Crippen molar-refractivity contribution >= 4 is 22.0 Å². The predicted molar refractivity (Wildman–Crippen MR) is 77.2 cm³/mol. The van der Waals surface area contributed by atoms with E-state index in [9.17, 15) is 0 Å². The SMILES string of the molecule is CC(C)(C)c1nnc2sc(-c3cccc(N)c3)nn12. The van der Waals surface area contributed by atoms with Crippen molar-refractivity contribution in [2.75, 3.05) is 5.73 Å². The van der Waals surface area contributed by atoms with Crippen LogP contribution in [0.1, 0.15) is 26.6 Å². The van der Waals surface area contributed by atoms with E-state index in [0.29, 0.717) is 0 Å². The fourth-order valence-electron chi connectivity index (χ4n) is 1.87. The van der Waals surface area contributed by atoms with E-state index in [-0.39, 0.29) is 5.41 Å². The second kappa shape index (κ2) is 4.03. The maximum Gasteiger partial charge on any atom is 0.235 e. The largest absolute Gasteiger partial charge is 0.399 e. The Hall–Kier alpha value is -1.95. The van der Waals surface area contributed by atoms with Crippen molar-refractivity contribution in [2.24, 2.45) is 0 Å². The van der Waals surface area contributed by atoms with Gasteiger partial charge in [0.05, 0.1) is 0 Å². The quantitative estimate of drug-likeness (QED) is 0.692. The molecule has 19 heavy (non-hydrogen) atoms. The summed E-state index contributed by atoms with van der Waals surface area (Å²) >= 11 is 1.52. The van der Waals surface area contributed by atoms with Crippen LogP contribution in [-0.2, 0) is 5.41 Å². The summed E-state index contributed by atoms with van der Waals surface area (Å²) < 4.78 is 1.82. The van der Waals surface area contributed by atoms with Gasteiger partial charge in [-0.15, -0.1) is 10.2 Å². The third-order valence-corrected chi connectivity index (χ3v) is 3.74. The lowest BCUT2D eigenvalue weighted by molar-refractivity contribution is 0.528. The summed E-state index contributed by atoms with van der Waals surface area (Å²) in [5.41, 5.74) is 7.47. The first-order valence-electron chi connectivity index (χ1n) is 6.04. The Bertz CT molecular complexity index is 735. The molecule has 0 aliphatic rings. The van der Waals surface area contributed by atoms with Crippen molar-refractivity contribution in [2.45, 2.75) is 26.2 Å². The van der Waals surface area contributed by atoms with E-state index in [4.69, 9.17) is 5.73 Å². The molecule has 0 atom stereocenters. The summed E-state index contributed by atoms with van der Waals surface area (Å²) in [4.78, 5) is 0.808. The van der Waals surface area contributed by atoms with Gasteiger partial charge in [-0.25, -0.2) is 0 Å². The number of nitrogens with two attached hydrogens (primary N) is 1. The molecule has 5 nitrogen and oxygen atoms in total. The minimum Gasteiger partial charge on any atom is -0.399 e. The highest BCUT2D eigenvalue weighted by Crippen LogP contribution is 2.29. The van der Waals surface area contributed by atoms with Gasteiger partial charge in [-0.3, -0.25) is 0 Å². The molecular weight excluding hydrogens is 258 g/mol. The highest BCUT2D eigenvalue weighted by Gasteiger charge is 2.23. The molecule has 0 aliphatic carbocycles. The second-order valence-electron chi connectivity index (χ2n) is 5.50. The number of nitrogen functional groups attached to an aromatic ring is 1. The van der Waals surface area contributed by atoms with Gasteiger partial charge in [0.1, 0.15) is 5.01 Å². The van der Waals surface area contributed by atoms with Gasteiger partial charge in [0, 0.05) is 16.7 Å². The van der Waals surface area contributed by atoms with Crippen LogP contribution in [0.5, 0.6) is 0 Å². The zero-order valence-corrected chi connectivity index (χ0v) is 11.9. The summed E-state index contributed by atoms with van der Waals surface area (Å²) in [6.45, 7) is 6.30. The van der Waals surface area contributed by atoms with Crippen LogP contribution in [0, 0.1) is 0 Å². The van der Waals surface area contributed by atoms with Crippen molar-refractivity contribution in [3.05, 3.63) is 30.1 Å². The minimum atomic E-state index is -0.0829. The Morgan fingerprint density at radius 2 is 2.00 bits per heavy atom. The van der Waals surface area contributed by atoms with Crippen LogP contribution in [-0.4, -0.2) is 19.8 Å². The number of anilines is 1. The summed E-state index contributed by atoms with van der Waals surface area (Å²) in [5.74, 6) is 0.869. The highest BCUT2D eigenvalue weighted by molar-refractivity contribution is 7.19. The van der Waals surface area contributed by atoms with Crippen LogP contribution >= 0.6 is 11.3 Å². The first-order valence-corrected chi connectivity index (χ1v) is 6.85. The van der Waals surface area contributed by atoms with Crippen LogP contribution in [0.4, 0.5) is 5.69 Å². The second-order valence-corrected chi connectivity index (χ2v) is 6.46. The van der Waals surface area contributed by atoms with Gasteiger partial charge in [0.15, 0.2) is 5.82 Å². The third kappa shape index (κ3) is 2.08. The molecule has 6 heteroatoms. The Balaban J connectivity index is 2.15. The molecule has 0 saturated carbocycles. The molecule has 0 spiro atoms. The highest BCUT2D eigenvalue weighted by atomic mass is 32.1. The first-order chi connectivity index (χ1) is 8.95. The van der Waals surface area contributed by atoms with Crippen LogP contribution in [0.3, 0.4) is 0 Å². The number of nitrogens with zero attached hydrogens (tertiary/aromatic N) is 4. The zero-order valence-electron chi connectivity index (χ0n) is 11.1. The molecule has 3 rings (SSSR count). The van der Waals surface area contributed by atoms with Gasteiger partial charge >= 0.3 is 0 Å². The Morgan fingerprint density at radius 1 is 1.21 bits per heavy atom. The molecule has 0 fully saturated rings. The van der Waals surface area contributed by atoms with Crippen molar-refractivity contribution in [1.29, 1.82) is 0 Å². The Morgan fingerprint density at radius 3 is 2.68 bits per heavy atom. The van der Waals surface area contributed by atoms with E-state index in [1.165, 1.54) is 11.3 Å². The van der Waals surface area contributed by atoms with Gasteiger partial charge in [-0.05, 0) is 12.1 Å². The number of aromatic nitrogens is 4. The van der Waals surface area contributed by atoms with E-state index >= 15 is 0 Å². The zero-order chi connectivity index (χ0) is 13.6. The number of benzene rings is 1. The summed E-state index contributed by atoms with van der Waals surface area (Å²) in [6, 6.07) is 7.71. The maximum absolute atomic E-state index is 5.81. The van der Waals surface area contributed by atoms with Gasteiger partial charge in [0.25, 0.3) is 0 Å². The summed E-state index contributed by atoms with van der Waals surface area (Å²) in [5, 5.41) is 13.9. The molecule has 98 valence electrons. The molecule has 0 aliphatic heterocycles. The molecule has 1 aromatic carbocycles. The molecule has 0 radical (unpaired) electrons. The monoisotopic (exact) mass is 273 g/mol. The average molecular weight is 273 g/mol. The van der Waals surface area contributed by atoms with Crippen LogP contribution in [0.15, 0.2) is 24.3 Å². The topological polar surface area (TPSA) is 69.1 Å². The number of hydrogen-bond acceptors (Lipinski definition) is 5. The molecule has 0 unspecified atom stereocenters. The summed E-state index contributed by atoms with van der Waals surface area (Å²) in [6.07, 6.45) is 0. The van der Waals surface area contributed by atoms with Crippen LogP contribution in [0.2, 0.25) is 0 Å².